The maximum atomic E-state index is 12.7. The summed E-state index contributed by atoms with van der Waals surface area (Å²) in [5.74, 6) is -0.383. The van der Waals surface area contributed by atoms with Crippen molar-refractivity contribution in [2.75, 3.05) is 13.1 Å². The Labute approximate surface area is 138 Å². The first kappa shape index (κ1) is 17.8. The fourth-order valence-corrected chi connectivity index (χ4v) is 3.81. The molecule has 0 spiro atoms. The minimum absolute atomic E-state index is 0.120. The lowest BCUT2D eigenvalue weighted by Gasteiger charge is -2.34. The normalized spacial score (nSPS) is 21.4. The molecule has 1 N–H and O–H groups in total. The third-order valence-electron chi connectivity index (χ3n) is 5.42. The van der Waals surface area contributed by atoms with Crippen LogP contribution < -0.4 is 5.32 Å². The second-order valence-electron chi connectivity index (χ2n) is 6.58. The first-order chi connectivity index (χ1) is 11.0. The number of nitrogens with one attached hydrogen (secondary N) is 1. The Bertz CT molecular complexity index is 468. The van der Waals surface area contributed by atoms with Gasteiger partial charge in [-0.25, -0.2) is 4.79 Å². The molecule has 0 unspecified atom stereocenters. The number of hydrogen-bond acceptors (Lipinski definition) is 3. The molecule has 0 aromatic heterocycles. The van der Waals surface area contributed by atoms with Gasteiger partial charge in [-0.15, -0.1) is 0 Å². The maximum Gasteiger partial charge on any atom is 0.325 e. The zero-order chi connectivity index (χ0) is 17.0. The minimum Gasteiger partial charge on any atom is -0.338 e. The standard InChI is InChI=1S/C17H29N3O3/c1-4-17(5-2)15(22)20(16(23)18-17)12-14(21)19(6-3)13-10-8-7-9-11-13/h13H,4-12H2,1-3H3,(H,18,23). The molecule has 0 radical (unpaired) electrons. The fraction of sp³-hybridized carbons (Fsp3) is 0.824. The summed E-state index contributed by atoms with van der Waals surface area (Å²) >= 11 is 0. The number of amides is 4. The van der Waals surface area contributed by atoms with Crippen LogP contribution in [0, 0.1) is 0 Å². The van der Waals surface area contributed by atoms with Crippen molar-refractivity contribution < 1.29 is 14.4 Å². The van der Waals surface area contributed by atoms with Crippen molar-refractivity contribution in [2.24, 2.45) is 0 Å². The van der Waals surface area contributed by atoms with Crippen LogP contribution in [0.25, 0.3) is 0 Å². The Kier molecular flexibility index (Phi) is 5.65. The number of hydrogen-bond donors (Lipinski definition) is 1. The van der Waals surface area contributed by atoms with E-state index in [0.29, 0.717) is 19.4 Å². The average Bonchev–Trinajstić information content (AvgIpc) is 2.81. The highest BCUT2D eigenvalue weighted by Crippen LogP contribution is 2.26. The van der Waals surface area contributed by atoms with Gasteiger partial charge in [0.15, 0.2) is 0 Å². The molecule has 0 bridgehead atoms. The number of carbonyl (C=O) groups is 3. The number of nitrogens with zero attached hydrogens (tertiary/aromatic N) is 2. The van der Waals surface area contributed by atoms with Crippen LogP contribution in [0.4, 0.5) is 4.79 Å². The van der Waals surface area contributed by atoms with Gasteiger partial charge < -0.3 is 10.2 Å². The highest BCUT2D eigenvalue weighted by Gasteiger charge is 2.49. The zero-order valence-corrected chi connectivity index (χ0v) is 14.6. The van der Waals surface area contributed by atoms with Crippen molar-refractivity contribution in [1.29, 1.82) is 0 Å². The summed E-state index contributed by atoms with van der Waals surface area (Å²) in [7, 11) is 0. The van der Waals surface area contributed by atoms with Gasteiger partial charge in [-0.1, -0.05) is 33.1 Å². The molecule has 0 aromatic carbocycles. The van der Waals surface area contributed by atoms with Crippen LogP contribution >= 0.6 is 0 Å². The molecule has 2 aliphatic rings. The van der Waals surface area contributed by atoms with Crippen LogP contribution in [-0.4, -0.2) is 52.3 Å². The molecule has 4 amide bonds. The summed E-state index contributed by atoms with van der Waals surface area (Å²) in [6.07, 6.45) is 6.64. The van der Waals surface area contributed by atoms with Crippen molar-refractivity contribution in [3.63, 3.8) is 0 Å². The van der Waals surface area contributed by atoms with Gasteiger partial charge in [-0.2, -0.15) is 0 Å². The van der Waals surface area contributed by atoms with Crippen molar-refractivity contribution in [1.82, 2.24) is 15.1 Å². The predicted molar refractivity (Wildman–Crippen MR) is 87.8 cm³/mol. The Morgan fingerprint density at radius 1 is 1.17 bits per heavy atom. The molecular weight excluding hydrogens is 294 g/mol. The van der Waals surface area contributed by atoms with E-state index in [4.69, 9.17) is 0 Å². The average molecular weight is 323 g/mol. The topological polar surface area (TPSA) is 69.7 Å². The van der Waals surface area contributed by atoms with Gasteiger partial charge in [-0.3, -0.25) is 14.5 Å². The minimum atomic E-state index is -0.834. The van der Waals surface area contributed by atoms with Crippen LogP contribution in [0.3, 0.4) is 0 Å². The molecule has 6 heteroatoms. The Morgan fingerprint density at radius 2 is 1.78 bits per heavy atom. The highest BCUT2D eigenvalue weighted by atomic mass is 16.2. The van der Waals surface area contributed by atoms with E-state index in [0.717, 1.165) is 30.6 Å². The lowest BCUT2D eigenvalue weighted by atomic mass is 9.93. The second kappa shape index (κ2) is 7.32. The Hall–Kier alpha value is -1.59. The van der Waals surface area contributed by atoms with E-state index < -0.39 is 11.6 Å². The van der Waals surface area contributed by atoms with Crippen molar-refractivity contribution >= 4 is 17.8 Å². The summed E-state index contributed by atoms with van der Waals surface area (Å²) in [5, 5.41) is 2.78. The predicted octanol–water partition coefficient (Wildman–Crippen LogP) is 2.28. The van der Waals surface area contributed by atoms with E-state index in [-0.39, 0.29) is 24.4 Å². The second-order valence-corrected chi connectivity index (χ2v) is 6.58. The maximum absolute atomic E-state index is 12.7. The smallest absolute Gasteiger partial charge is 0.325 e. The molecular formula is C17H29N3O3. The first-order valence-electron chi connectivity index (χ1n) is 8.92. The largest absolute Gasteiger partial charge is 0.338 e. The van der Waals surface area contributed by atoms with Crippen molar-refractivity contribution in [3.05, 3.63) is 0 Å². The monoisotopic (exact) mass is 323 g/mol. The molecule has 2 fully saturated rings. The van der Waals surface area contributed by atoms with Gasteiger partial charge in [0, 0.05) is 12.6 Å². The molecule has 1 saturated heterocycles. The van der Waals surface area contributed by atoms with Crippen LogP contribution in [0.15, 0.2) is 0 Å². The molecule has 23 heavy (non-hydrogen) atoms. The number of rotatable bonds is 6. The number of carbonyl (C=O) groups excluding carboxylic acids is 3. The van der Waals surface area contributed by atoms with E-state index in [2.05, 4.69) is 5.32 Å². The van der Waals surface area contributed by atoms with Crippen LogP contribution in [0.2, 0.25) is 0 Å². The third-order valence-corrected chi connectivity index (χ3v) is 5.42. The SMILES string of the molecule is CCN(C(=O)CN1C(=O)NC(CC)(CC)C1=O)C1CCCCC1. The molecule has 130 valence electrons. The molecule has 6 nitrogen and oxygen atoms in total. The van der Waals surface area contributed by atoms with E-state index >= 15 is 0 Å². The molecule has 2 rings (SSSR count). The number of likely N-dealkylation sites (N-methyl/N-ethyl adjacent to an activating group) is 1. The molecule has 1 aliphatic heterocycles. The van der Waals surface area contributed by atoms with Crippen LogP contribution in [-0.2, 0) is 9.59 Å². The Morgan fingerprint density at radius 3 is 2.26 bits per heavy atom. The molecule has 0 aromatic rings. The van der Waals surface area contributed by atoms with E-state index in [1.54, 1.807) is 0 Å². The first-order valence-corrected chi connectivity index (χ1v) is 8.92. The summed E-state index contributed by atoms with van der Waals surface area (Å²) in [6, 6.07) is -0.184. The van der Waals surface area contributed by atoms with Crippen LogP contribution in [0.5, 0.6) is 0 Å². The molecule has 1 saturated carbocycles. The lowest BCUT2D eigenvalue weighted by molar-refractivity contribution is -0.140. The van der Waals surface area contributed by atoms with E-state index in [9.17, 15) is 14.4 Å². The van der Waals surface area contributed by atoms with Gasteiger partial charge in [0.2, 0.25) is 5.91 Å². The van der Waals surface area contributed by atoms with Crippen molar-refractivity contribution in [2.45, 2.75) is 77.3 Å². The molecule has 1 aliphatic carbocycles. The fourth-order valence-electron chi connectivity index (χ4n) is 3.81. The number of imide groups is 1. The van der Waals surface area contributed by atoms with E-state index in [1.807, 2.05) is 25.7 Å². The number of urea groups is 1. The molecule has 1 heterocycles. The van der Waals surface area contributed by atoms with E-state index in [1.165, 1.54) is 6.42 Å². The van der Waals surface area contributed by atoms with Gasteiger partial charge in [0.1, 0.15) is 12.1 Å². The Balaban J connectivity index is 2.06. The summed E-state index contributed by atoms with van der Waals surface area (Å²) in [6.45, 7) is 6.21. The van der Waals surface area contributed by atoms with Gasteiger partial charge in [-0.05, 0) is 32.6 Å². The third kappa shape index (κ3) is 3.35. The lowest BCUT2D eigenvalue weighted by Crippen LogP contribution is -2.49. The molecule has 0 atom stereocenters. The highest BCUT2D eigenvalue weighted by molar-refractivity contribution is 6.09. The van der Waals surface area contributed by atoms with Gasteiger partial charge >= 0.3 is 6.03 Å². The van der Waals surface area contributed by atoms with Crippen LogP contribution in [0.1, 0.15) is 65.7 Å². The van der Waals surface area contributed by atoms with Gasteiger partial charge in [0.05, 0.1) is 0 Å². The summed E-state index contributed by atoms with van der Waals surface area (Å²) < 4.78 is 0. The van der Waals surface area contributed by atoms with Crippen molar-refractivity contribution in [3.8, 4) is 0 Å². The van der Waals surface area contributed by atoms with Gasteiger partial charge in [0.25, 0.3) is 5.91 Å². The quantitative estimate of drug-likeness (QED) is 0.762. The zero-order valence-electron chi connectivity index (χ0n) is 14.6. The summed E-state index contributed by atoms with van der Waals surface area (Å²) in [4.78, 5) is 40.4. The summed E-state index contributed by atoms with van der Waals surface area (Å²) in [5.41, 5.74) is -0.834.